The van der Waals surface area contributed by atoms with Crippen LogP contribution >= 0.6 is 0 Å². The number of H-pyrrole nitrogens is 1. The standard InChI is InChI=1S/C13H19N5O2S/c1-2-5-14-9-12-10-16-18-13(12)21(19,20)17-8-11-4-3-6-15-7-11/h3-4,6-7,10,14,17H,2,5,8-9H2,1H3,(H,16,18). The Labute approximate surface area is 124 Å². The molecule has 21 heavy (non-hydrogen) atoms. The van der Waals surface area contributed by atoms with Crippen LogP contribution in [0.3, 0.4) is 0 Å². The lowest BCUT2D eigenvalue weighted by molar-refractivity contribution is 0.573. The molecule has 2 aromatic heterocycles. The molecule has 0 radical (unpaired) electrons. The van der Waals surface area contributed by atoms with Crippen LogP contribution in [0.1, 0.15) is 24.5 Å². The van der Waals surface area contributed by atoms with Gasteiger partial charge in [-0.2, -0.15) is 5.10 Å². The summed E-state index contributed by atoms with van der Waals surface area (Å²) in [5.74, 6) is 0. The summed E-state index contributed by atoms with van der Waals surface area (Å²) in [5, 5.41) is 9.65. The molecule has 3 N–H and O–H groups in total. The average molecular weight is 309 g/mol. The third-order valence-electron chi connectivity index (χ3n) is 2.88. The third-order valence-corrected chi connectivity index (χ3v) is 4.29. The fourth-order valence-electron chi connectivity index (χ4n) is 1.81. The summed E-state index contributed by atoms with van der Waals surface area (Å²) in [6.45, 7) is 3.54. The molecular weight excluding hydrogens is 290 g/mol. The van der Waals surface area contributed by atoms with Crippen LogP contribution in [0.4, 0.5) is 0 Å². The van der Waals surface area contributed by atoms with Crippen molar-refractivity contribution in [3.8, 4) is 0 Å². The van der Waals surface area contributed by atoms with Crippen LogP contribution in [-0.2, 0) is 23.1 Å². The summed E-state index contributed by atoms with van der Waals surface area (Å²) in [6, 6.07) is 3.58. The van der Waals surface area contributed by atoms with Gasteiger partial charge in [-0.3, -0.25) is 10.1 Å². The summed E-state index contributed by atoms with van der Waals surface area (Å²) in [6.07, 6.45) is 5.78. The van der Waals surface area contributed by atoms with Crippen LogP contribution in [0.15, 0.2) is 35.7 Å². The van der Waals surface area contributed by atoms with Crippen molar-refractivity contribution in [3.05, 3.63) is 41.9 Å². The number of aromatic nitrogens is 3. The lowest BCUT2D eigenvalue weighted by atomic mass is 10.3. The predicted molar refractivity (Wildman–Crippen MR) is 78.8 cm³/mol. The SMILES string of the molecule is CCCNCc1cn[nH]c1S(=O)(=O)NCc1cccnc1. The molecule has 2 aromatic rings. The van der Waals surface area contributed by atoms with E-state index in [1.807, 2.05) is 6.07 Å². The first-order valence-corrected chi connectivity index (χ1v) is 8.23. The van der Waals surface area contributed by atoms with E-state index < -0.39 is 10.0 Å². The first-order chi connectivity index (χ1) is 10.1. The van der Waals surface area contributed by atoms with Gasteiger partial charge in [-0.1, -0.05) is 13.0 Å². The minimum atomic E-state index is -3.62. The van der Waals surface area contributed by atoms with E-state index in [2.05, 4.69) is 32.1 Å². The minimum absolute atomic E-state index is 0.106. The molecule has 0 amide bonds. The molecule has 0 spiro atoms. The molecule has 0 unspecified atom stereocenters. The maximum absolute atomic E-state index is 12.3. The second-order valence-electron chi connectivity index (χ2n) is 4.59. The van der Waals surface area contributed by atoms with Crippen molar-refractivity contribution in [1.29, 1.82) is 0 Å². The van der Waals surface area contributed by atoms with Crippen LogP contribution in [0, 0.1) is 0 Å². The molecule has 0 saturated carbocycles. The highest BCUT2D eigenvalue weighted by molar-refractivity contribution is 7.89. The van der Waals surface area contributed by atoms with E-state index in [1.165, 1.54) is 6.20 Å². The van der Waals surface area contributed by atoms with Crippen molar-refractivity contribution in [2.24, 2.45) is 0 Å². The molecule has 2 heterocycles. The summed E-state index contributed by atoms with van der Waals surface area (Å²) in [4.78, 5) is 3.95. The van der Waals surface area contributed by atoms with Gasteiger partial charge in [-0.05, 0) is 24.6 Å². The maximum atomic E-state index is 12.3. The highest BCUT2D eigenvalue weighted by Gasteiger charge is 2.20. The van der Waals surface area contributed by atoms with Gasteiger partial charge in [-0.15, -0.1) is 0 Å². The number of hydrogen-bond acceptors (Lipinski definition) is 5. The molecular formula is C13H19N5O2S. The Morgan fingerprint density at radius 2 is 2.14 bits per heavy atom. The lowest BCUT2D eigenvalue weighted by Gasteiger charge is -2.07. The van der Waals surface area contributed by atoms with Crippen molar-refractivity contribution in [3.63, 3.8) is 0 Å². The van der Waals surface area contributed by atoms with Crippen LogP contribution in [0.25, 0.3) is 0 Å². The Morgan fingerprint density at radius 1 is 1.29 bits per heavy atom. The van der Waals surface area contributed by atoms with E-state index in [0.717, 1.165) is 18.5 Å². The predicted octanol–water partition coefficient (Wildman–Crippen LogP) is 0.783. The quantitative estimate of drug-likeness (QED) is 0.626. The lowest BCUT2D eigenvalue weighted by Crippen LogP contribution is -2.25. The summed E-state index contributed by atoms with van der Waals surface area (Å²) in [5.41, 5.74) is 1.42. The van der Waals surface area contributed by atoms with Gasteiger partial charge in [-0.25, -0.2) is 13.1 Å². The number of nitrogens with zero attached hydrogens (tertiary/aromatic N) is 2. The van der Waals surface area contributed by atoms with Gasteiger partial charge in [0.05, 0.1) is 6.20 Å². The van der Waals surface area contributed by atoms with Gasteiger partial charge in [0.2, 0.25) is 0 Å². The number of hydrogen-bond donors (Lipinski definition) is 3. The summed E-state index contributed by atoms with van der Waals surface area (Å²) in [7, 11) is -3.62. The van der Waals surface area contributed by atoms with E-state index in [-0.39, 0.29) is 11.6 Å². The fourth-order valence-corrected chi connectivity index (χ4v) is 2.95. The molecule has 0 aliphatic heterocycles. The van der Waals surface area contributed by atoms with Gasteiger partial charge in [0.25, 0.3) is 10.0 Å². The van der Waals surface area contributed by atoms with E-state index in [1.54, 1.807) is 18.5 Å². The second-order valence-corrected chi connectivity index (χ2v) is 6.29. The third kappa shape index (κ3) is 4.35. The Kier molecular flexibility index (Phi) is 5.43. The van der Waals surface area contributed by atoms with Crippen LogP contribution < -0.4 is 10.0 Å². The molecule has 0 atom stereocenters. The Hall–Kier alpha value is -1.77. The first kappa shape index (κ1) is 15.6. The topological polar surface area (TPSA) is 99.8 Å². The Balaban J connectivity index is 2.04. The molecule has 0 aliphatic rings. The summed E-state index contributed by atoms with van der Waals surface area (Å²) >= 11 is 0. The zero-order valence-electron chi connectivity index (χ0n) is 11.8. The van der Waals surface area contributed by atoms with Gasteiger partial charge in [0.15, 0.2) is 5.03 Å². The van der Waals surface area contributed by atoms with Crippen molar-refractivity contribution in [2.45, 2.75) is 31.5 Å². The molecule has 0 aliphatic carbocycles. The smallest absolute Gasteiger partial charge is 0.258 e. The number of rotatable bonds is 8. The van der Waals surface area contributed by atoms with Crippen molar-refractivity contribution < 1.29 is 8.42 Å². The first-order valence-electron chi connectivity index (χ1n) is 6.75. The van der Waals surface area contributed by atoms with Gasteiger partial charge in [0, 0.05) is 31.0 Å². The van der Waals surface area contributed by atoms with Crippen molar-refractivity contribution >= 4 is 10.0 Å². The zero-order chi connectivity index (χ0) is 15.1. The molecule has 2 rings (SSSR count). The Morgan fingerprint density at radius 3 is 2.86 bits per heavy atom. The molecule has 0 saturated heterocycles. The Bertz CT molecular complexity index is 654. The molecule has 7 nitrogen and oxygen atoms in total. The average Bonchev–Trinajstić information content (AvgIpc) is 2.96. The molecule has 114 valence electrons. The van der Waals surface area contributed by atoms with Gasteiger partial charge in [0.1, 0.15) is 0 Å². The van der Waals surface area contributed by atoms with E-state index in [9.17, 15) is 8.42 Å². The number of pyridine rings is 1. The van der Waals surface area contributed by atoms with Gasteiger partial charge >= 0.3 is 0 Å². The van der Waals surface area contributed by atoms with Crippen LogP contribution in [0.5, 0.6) is 0 Å². The van der Waals surface area contributed by atoms with Crippen molar-refractivity contribution in [1.82, 2.24) is 25.2 Å². The van der Waals surface area contributed by atoms with E-state index in [0.29, 0.717) is 12.1 Å². The largest absolute Gasteiger partial charge is 0.313 e. The minimum Gasteiger partial charge on any atom is -0.313 e. The summed E-state index contributed by atoms with van der Waals surface area (Å²) < 4.78 is 27.1. The number of aromatic amines is 1. The maximum Gasteiger partial charge on any atom is 0.258 e. The fraction of sp³-hybridized carbons (Fsp3) is 0.385. The second kappa shape index (κ2) is 7.30. The molecule has 8 heteroatoms. The van der Waals surface area contributed by atoms with Crippen molar-refractivity contribution in [2.75, 3.05) is 6.54 Å². The zero-order valence-corrected chi connectivity index (χ0v) is 12.7. The monoisotopic (exact) mass is 309 g/mol. The molecule has 0 aromatic carbocycles. The highest BCUT2D eigenvalue weighted by Crippen LogP contribution is 2.12. The molecule has 0 fully saturated rings. The number of sulfonamides is 1. The van der Waals surface area contributed by atoms with Gasteiger partial charge < -0.3 is 5.32 Å². The normalized spacial score (nSPS) is 11.7. The highest BCUT2D eigenvalue weighted by atomic mass is 32.2. The van der Waals surface area contributed by atoms with Crippen LogP contribution in [0.2, 0.25) is 0 Å². The van der Waals surface area contributed by atoms with E-state index >= 15 is 0 Å². The van der Waals surface area contributed by atoms with Crippen LogP contribution in [-0.4, -0.2) is 30.1 Å². The number of nitrogens with one attached hydrogen (secondary N) is 3. The molecule has 0 bridgehead atoms. The van der Waals surface area contributed by atoms with E-state index in [4.69, 9.17) is 0 Å².